The summed E-state index contributed by atoms with van der Waals surface area (Å²) in [5.74, 6) is -0.313. The smallest absolute Gasteiger partial charge is 0.283 e. The fourth-order valence-corrected chi connectivity index (χ4v) is 2.04. The van der Waals surface area contributed by atoms with Gasteiger partial charge in [0.15, 0.2) is 0 Å². The number of amides is 1. The number of ether oxygens (including phenoxy) is 1. The largest absolute Gasteiger partial charge is 0.385 e. The lowest BCUT2D eigenvalue weighted by Crippen LogP contribution is -2.25. The Hall–Kier alpha value is -1.60. The van der Waals surface area contributed by atoms with Crippen molar-refractivity contribution in [1.82, 2.24) is 5.32 Å². The van der Waals surface area contributed by atoms with E-state index in [0.29, 0.717) is 30.0 Å². The Morgan fingerprint density at radius 3 is 2.84 bits per heavy atom. The SMILES string of the molecule is COCCCNC(=O)c1ccc(SC)c([N+](=O)[O-])c1. The predicted molar refractivity (Wildman–Crippen MR) is 73.7 cm³/mol. The van der Waals surface area contributed by atoms with E-state index in [2.05, 4.69) is 5.32 Å². The van der Waals surface area contributed by atoms with Crippen LogP contribution >= 0.6 is 11.8 Å². The number of carbonyl (C=O) groups excluding carboxylic acids is 1. The summed E-state index contributed by atoms with van der Waals surface area (Å²) in [6.07, 6.45) is 2.46. The molecule has 104 valence electrons. The molecule has 0 aromatic heterocycles. The van der Waals surface area contributed by atoms with Gasteiger partial charge in [-0.05, 0) is 24.8 Å². The summed E-state index contributed by atoms with van der Waals surface area (Å²) in [5.41, 5.74) is 0.249. The van der Waals surface area contributed by atoms with Crippen LogP contribution in [0.15, 0.2) is 23.1 Å². The molecule has 0 aliphatic heterocycles. The average Bonchev–Trinajstić information content (AvgIpc) is 2.42. The second-order valence-electron chi connectivity index (χ2n) is 3.75. The Labute approximate surface area is 115 Å². The third-order valence-electron chi connectivity index (χ3n) is 2.45. The normalized spacial score (nSPS) is 10.2. The number of benzene rings is 1. The van der Waals surface area contributed by atoms with E-state index in [4.69, 9.17) is 4.74 Å². The maximum Gasteiger partial charge on any atom is 0.283 e. The molecule has 0 aliphatic rings. The Morgan fingerprint density at radius 2 is 2.26 bits per heavy atom. The second kappa shape index (κ2) is 7.75. The zero-order valence-electron chi connectivity index (χ0n) is 10.8. The minimum absolute atomic E-state index is 0.0444. The third-order valence-corrected chi connectivity index (χ3v) is 3.23. The number of hydrogen-bond donors (Lipinski definition) is 1. The van der Waals surface area contributed by atoms with E-state index in [1.54, 1.807) is 25.5 Å². The minimum Gasteiger partial charge on any atom is -0.385 e. The van der Waals surface area contributed by atoms with Crippen LogP contribution in [0.4, 0.5) is 5.69 Å². The fraction of sp³-hybridized carbons (Fsp3) is 0.417. The van der Waals surface area contributed by atoms with Gasteiger partial charge in [-0.1, -0.05) is 0 Å². The van der Waals surface area contributed by atoms with Crippen LogP contribution in [0.25, 0.3) is 0 Å². The Balaban J connectivity index is 2.75. The van der Waals surface area contributed by atoms with Gasteiger partial charge in [0.2, 0.25) is 0 Å². The van der Waals surface area contributed by atoms with Crippen LogP contribution < -0.4 is 5.32 Å². The summed E-state index contributed by atoms with van der Waals surface area (Å²) in [6.45, 7) is 1.04. The fourth-order valence-electron chi connectivity index (χ4n) is 1.49. The maximum absolute atomic E-state index is 11.8. The highest BCUT2D eigenvalue weighted by atomic mass is 32.2. The number of hydrogen-bond acceptors (Lipinski definition) is 5. The minimum atomic E-state index is -0.479. The predicted octanol–water partition coefficient (Wildman–Crippen LogP) is 2.08. The van der Waals surface area contributed by atoms with Crippen LogP contribution in [0.3, 0.4) is 0 Å². The van der Waals surface area contributed by atoms with Gasteiger partial charge < -0.3 is 10.1 Å². The first-order chi connectivity index (χ1) is 9.10. The number of nitro groups is 1. The Bertz CT molecular complexity index is 465. The number of carbonyl (C=O) groups is 1. The highest BCUT2D eigenvalue weighted by Crippen LogP contribution is 2.28. The molecule has 1 amide bonds. The maximum atomic E-state index is 11.8. The zero-order valence-corrected chi connectivity index (χ0v) is 11.7. The molecule has 0 unspecified atom stereocenters. The molecule has 0 bridgehead atoms. The quantitative estimate of drug-likeness (QED) is 0.359. The number of nitrogens with zero attached hydrogens (tertiary/aromatic N) is 1. The van der Waals surface area contributed by atoms with Gasteiger partial charge in [-0.2, -0.15) is 0 Å². The molecule has 1 rings (SSSR count). The molecule has 0 radical (unpaired) electrons. The summed E-state index contributed by atoms with van der Waals surface area (Å²) in [4.78, 5) is 22.8. The topological polar surface area (TPSA) is 81.5 Å². The summed E-state index contributed by atoms with van der Waals surface area (Å²) >= 11 is 1.28. The van der Waals surface area contributed by atoms with Crippen LogP contribution in [0.2, 0.25) is 0 Å². The lowest BCUT2D eigenvalue weighted by Gasteiger charge is -2.06. The average molecular weight is 284 g/mol. The summed E-state index contributed by atoms with van der Waals surface area (Å²) < 4.78 is 4.87. The van der Waals surface area contributed by atoms with Crippen LogP contribution in [0.5, 0.6) is 0 Å². The number of methoxy groups -OCH3 is 1. The number of nitrogens with one attached hydrogen (secondary N) is 1. The molecule has 7 heteroatoms. The number of thioether (sulfide) groups is 1. The second-order valence-corrected chi connectivity index (χ2v) is 4.59. The highest BCUT2D eigenvalue weighted by molar-refractivity contribution is 7.98. The van der Waals surface area contributed by atoms with Crippen molar-refractivity contribution in [3.63, 3.8) is 0 Å². The molecule has 1 aromatic carbocycles. The standard InChI is InChI=1S/C12H16N2O4S/c1-18-7-3-6-13-12(15)9-4-5-11(19-2)10(8-9)14(16)17/h4-5,8H,3,6-7H2,1-2H3,(H,13,15). The molecular formula is C12H16N2O4S. The molecule has 1 aromatic rings. The summed E-state index contributed by atoms with van der Waals surface area (Å²) in [6, 6.07) is 4.48. The summed E-state index contributed by atoms with van der Waals surface area (Å²) in [5, 5.41) is 13.6. The van der Waals surface area contributed by atoms with Crippen molar-refractivity contribution in [3.8, 4) is 0 Å². The van der Waals surface area contributed by atoms with Crippen LogP contribution in [-0.2, 0) is 4.74 Å². The van der Waals surface area contributed by atoms with Crippen molar-refractivity contribution < 1.29 is 14.5 Å². The van der Waals surface area contributed by atoms with Gasteiger partial charge in [0.05, 0.1) is 9.82 Å². The number of rotatable bonds is 7. The van der Waals surface area contributed by atoms with E-state index >= 15 is 0 Å². The van der Waals surface area contributed by atoms with Gasteiger partial charge in [-0.15, -0.1) is 11.8 Å². The van der Waals surface area contributed by atoms with Crippen molar-refractivity contribution in [2.75, 3.05) is 26.5 Å². The number of nitro benzene ring substituents is 1. The van der Waals surface area contributed by atoms with Gasteiger partial charge in [0, 0.05) is 31.9 Å². The molecule has 0 fully saturated rings. The first-order valence-corrected chi connectivity index (χ1v) is 6.92. The van der Waals surface area contributed by atoms with Crippen molar-refractivity contribution >= 4 is 23.4 Å². The monoisotopic (exact) mass is 284 g/mol. The van der Waals surface area contributed by atoms with E-state index in [-0.39, 0.29) is 11.6 Å². The van der Waals surface area contributed by atoms with Crippen molar-refractivity contribution in [1.29, 1.82) is 0 Å². The molecule has 6 nitrogen and oxygen atoms in total. The lowest BCUT2D eigenvalue weighted by molar-refractivity contribution is -0.387. The third kappa shape index (κ3) is 4.53. The molecule has 0 heterocycles. The van der Waals surface area contributed by atoms with E-state index < -0.39 is 4.92 Å². The molecule has 19 heavy (non-hydrogen) atoms. The molecule has 0 spiro atoms. The first kappa shape index (κ1) is 15.5. The highest BCUT2D eigenvalue weighted by Gasteiger charge is 2.16. The first-order valence-electron chi connectivity index (χ1n) is 5.69. The van der Waals surface area contributed by atoms with E-state index in [0.717, 1.165) is 0 Å². The molecule has 1 N–H and O–H groups in total. The molecule has 0 atom stereocenters. The summed E-state index contributed by atoms with van der Waals surface area (Å²) in [7, 11) is 1.59. The Morgan fingerprint density at radius 1 is 1.53 bits per heavy atom. The Kier molecular flexibility index (Phi) is 6.31. The van der Waals surface area contributed by atoms with Gasteiger partial charge in [-0.3, -0.25) is 14.9 Å². The van der Waals surface area contributed by atoms with Gasteiger partial charge >= 0.3 is 0 Å². The molecule has 0 saturated heterocycles. The van der Waals surface area contributed by atoms with E-state index in [1.807, 2.05) is 0 Å². The van der Waals surface area contributed by atoms with Crippen molar-refractivity contribution in [2.45, 2.75) is 11.3 Å². The van der Waals surface area contributed by atoms with Gasteiger partial charge in [0.25, 0.3) is 11.6 Å². The van der Waals surface area contributed by atoms with Crippen LogP contribution in [0.1, 0.15) is 16.8 Å². The van der Waals surface area contributed by atoms with E-state index in [9.17, 15) is 14.9 Å². The van der Waals surface area contributed by atoms with Crippen LogP contribution in [0, 0.1) is 10.1 Å². The van der Waals surface area contributed by atoms with E-state index in [1.165, 1.54) is 17.8 Å². The molecular weight excluding hydrogens is 268 g/mol. The molecule has 0 aliphatic carbocycles. The van der Waals surface area contributed by atoms with Crippen LogP contribution in [-0.4, -0.2) is 37.3 Å². The van der Waals surface area contributed by atoms with Gasteiger partial charge in [0.1, 0.15) is 0 Å². The lowest BCUT2D eigenvalue weighted by atomic mass is 10.2. The van der Waals surface area contributed by atoms with Crippen molar-refractivity contribution in [3.05, 3.63) is 33.9 Å². The molecule has 0 saturated carbocycles. The van der Waals surface area contributed by atoms with Gasteiger partial charge in [-0.25, -0.2) is 0 Å². The zero-order chi connectivity index (χ0) is 14.3. The van der Waals surface area contributed by atoms with Crippen molar-refractivity contribution in [2.24, 2.45) is 0 Å².